The monoisotopic (exact) mass is 426 g/mol. The summed E-state index contributed by atoms with van der Waals surface area (Å²) < 4.78 is 44.9. The van der Waals surface area contributed by atoms with Crippen molar-refractivity contribution in [1.29, 1.82) is 0 Å². The van der Waals surface area contributed by atoms with Gasteiger partial charge in [0, 0.05) is 6.10 Å². The predicted molar refractivity (Wildman–Crippen MR) is 115 cm³/mol. The number of benzene rings is 1. The molecule has 0 radical (unpaired) electrons. The molecule has 9 heteroatoms. The molecule has 1 heterocycles. The van der Waals surface area contributed by atoms with E-state index in [9.17, 15) is 8.42 Å². The van der Waals surface area contributed by atoms with Crippen LogP contribution in [0.2, 0.25) is 25.0 Å². The Morgan fingerprint density at radius 1 is 1.21 bits per heavy atom. The molecule has 2 atom stereocenters. The smallest absolute Gasteiger partial charge is 0.296 e. The van der Waals surface area contributed by atoms with Crippen LogP contribution in [-0.4, -0.2) is 49.2 Å². The van der Waals surface area contributed by atoms with Crippen LogP contribution in [0.3, 0.4) is 0 Å². The second-order valence-electron chi connectivity index (χ2n) is 8.54. The first-order chi connectivity index (χ1) is 12.8. The maximum Gasteiger partial charge on any atom is 0.296 e. The molecule has 2 rings (SSSR count). The molecule has 1 aromatic carbocycles. The molecule has 1 saturated heterocycles. The summed E-state index contributed by atoms with van der Waals surface area (Å²) in [5.74, 6) is 0. The second-order valence-corrected chi connectivity index (χ2v) is 14.9. The van der Waals surface area contributed by atoms with E-state index in [1.165, 1.54) is 6.82 Å². The zero-order valence-electron chi connectivity index (χ0n) is 18.1. The summed E-state index contributed by atoms with van der Waals surface area (Å²) in [5, 5.41) is 4.65. The minimum absolute atomic E-state index is 0.0663. The van der Waals surface area contributed by atoms with Gasteiger partial charge in [-0.2, -0.15) is 8.42 Å². The molecule has 0 spiro atoms. The Bertz CT molecular complexity index is 732. The summed E-state index contributed by atoms with van der Waals surface area (Å²) in [7, 11) is -4.82. The molecule has 158 valence electrons. The zero-order chi connectivity index (χ0) is 21.6. The molecule has 1 aliphatic rings. The van der Waals surface area contributed by atoms with E-state index in [4.69, 9.17) is 13.3 Å². The van der Waals surface area contributed by atoms with E-state index in [0.717, 1.165) is 19.1 Å². The van der Waals surface area contributed by atoms with Gasteiger partial charge >= 0.3 is 18.7 Å². The molecule has 0 N–H and O–H groups in total. The van der Waals surface area contributed by atoms with Gasteiger partial charge in [0.15, 0.2) is 8.32 Å². The molecule has 0 aromatic heterocycles. The number of nitrogens with zero attached hydrogens (tertiary/aromatic N) is 1. The van der Waals surface area contributed by atoms with Gasteiger partial charge in [0.05, 0.1) is 11.5 Å². The molecular weight excluding hydrogens is 393 g/mol. The summed E-state index contributed by atoms with van der Waals surface area (Å²) in [6, 6.07) is 6.54. The Hall–Kier alpha value is -0.868. The SMILES string of the molecule is CB=O.Cc1ccc(S(=O)(=O)OC[C@@H]2C[C@H](O[Si](C)(C)C(C)(C)C)C[N-]2)cc1. The molecule has 0 aliphatic carbocycles. The molecule has 28 heavy (non-hydrogen) atoms. The van der Waals surface area contributed by atoms with E-state index in [1.54, 1.807) is 24.3 Å². The minimum Gasteiger partial charge on any atom is -0.655 e. The van der Waals surface area contributed by atoms with Gasteiger partial charge in [-0.15, -0.1) is 12.6 Å². The predicted octanol–water partition coefficient (Wildman–Crippen LogP) is 4.32. The third-order valence-electron chi connectivity index (χ3n) is 5.09. The molecular formula is C19H33BNO5SSi-. The van der Waals surface area contributed by atoms with Crippen LogP contribution in [0.5, 0.6) is 0 Å². The van der Waals surface area contributed by atoms with Crippen molar-refractivity contribution in [3.8, 4) is 0 Å². The van der Waals surface area contributed by atoms with Crippen LogP contribution in [0.15, 0.2) is 29.2 Å². The Labute approximate surface area is 171 Å². The van der Waals surface area contributed by atoms with Crippen LogP contribution in [-0.2, 0) is 23.4 Å². The third-order valence-corrected chi connectivity index (χ3v) is 10.9. The van der Waals surface area contributed by atoms with Crippen molar-refractivity contribution in [3.63, 3.8) is 0 Å². The average molecular weight is 426 g/mol. The van der Waals surface area contributed by atoms with Crippen molar-refractivity contribution in [2.75, 3.05) is 13.2 Å². The first-order valence-electron chi connectivity index (χ1n) is 9.52. The fourth-order valence-corrected chi connectivity index (χ4v) is 4.76. The van der Waals surface area contributed by atoms with Crippen LogP contribution < -0.4 is 0 Å². The van der Waals surface area contributed by atoms with Crippen molar-refractivity contribution in [3.05, 3.63) is 35.1 Å². The van der Waals surface area contributed by atoms with Crippen molar-refractivity contribution >= 4 is 25.6 Å². The van der Waals surface area contributed by atoms with Gasteiger partial charge in [-0.1, -0.05) is 38.5 Å². The molecule has 1 aromatic rings. The summed E-state index contributed by atoms with van der Waals surface area (Å²) in [4.78, 5) is 0.185. The van der Waals surface area contributed by atoms with E-state index < -0.39 is 18.4 Å². The Morgan fingerprint density at radius 2 is 1.75 bits per heavy atom. The summed E-state index contributed by atoms with van der Waals surface area (Å²) in [5.41, 5.74) is 1.01. The van der Waals surface area contributed by atoms with Gasteiger partial charge in [-0.3, -0.25) is 4.18 Å². The fraction of sp³-hybridized carbons (Fsp3) is 0.684. The van der Waals surface area contributed by atoms with Crippen LogP contribution >= 0.6 is 0 Å². The largest absolute Gasteiger partial charge is 0.655 e. The maximum absolute atomic E-state index is 12.3. The maximum atomic E-state index is 12.3. The normalized spacial score (nSPS) is 20.2. The number of rotatable bonds is 6. The van der Waals surface area contributed by atoms with Gasteiger partial charge in [-0.05, 0) is 43.6 Å². The minimum atomic E-state index is -3.73. The van der Waals surface area contributed by atoms with Gasteiger partial charge in [-0.25, -0.2) is 0 Å². The first-order valence-corrected chi connectivity index (χ1v) is 13.8. The average Bonchev–Trinajstić information content (AvgIpc) is 3.00. The Morgan fingerprint density at radius 3 is 2.25 bits per heavy atom. The van der Waals surface area contributed by atoms with E-state index in [0.29, 0.717) is 6.54 Å². The number of hydrogen-bond donors (Lipinski definition) is 0. The van der Waals surface area contributed by atoms with E-state index in [-0.39, 0.29) is 28.7 Å². The van der Waals surface area contributed by atoms with E-state index in [2.05, 4.69) is 39.2 Å². The van der Waals surface area contributed by atoms with Crippen molar-refractivity contribution in [2.45, 2.75) is 76.1 Å². The zero-order valence-corrected chi connectivity index (χ0v) is 19.9. The standard InChI is InChI=1S/C18H30NO4SSi.CH3BO/c1-14-7-9-17(10-8-14)24(20,21)22-13-15-11-16(12-19-15)23-25(5,6)18(2,3)4;1-2-3/h7-10,15-16H,11-13H2,1-6H3;1H3/q-1;/t15-,16-;/m0./s1. The molecule has 1 aliphatic heterocycles. The van der Waals surface area contributed by atoms with Gasteiger partial charge in [0.25, 0.3) is 10.1 Å². The molecule has 0 saturated carbocycles. The molecule has 0 unspecified atom stereocenters. The molecule has 0 amide bonds. The fourth-order valence-electron chi connectivity index (χ4n) is 2.46. The molecule has 1 fully saturated rings. The van der Waals surface area contributed by atoms with Crippen LogP contribution in [0.1, 0.15) is 32.8 Å². The van der Waals surface area contributed by atoms with E-state index in [1.807, 2.05) is 6.92 Å². The Balaban J connectivity index is 0.00000122. The van der Waals surface area contributed by atoms with Crippen LogP contribution in [0.4, 0.5) is 0 Å². The first kappa shape index (κ1) is 25.2. The van der Waals surface area contributed by atoms with E-state index >= 15 is 0 Å². The number of aryl methyl sites for hydroxylation is 1. The number of hydrogen-bond acceptors (Lipinski definition) is 5. The quantitative estimate of drug-likeness (QED) is 0.500. The van der Waals surface area contributed by atoms with Crippen LogP contribution in [0.25, 0.3) is 5.32 Å². The molecule has 6 nitrogen and oxygen atoms in total. The second kappa shape index (κ2) is 10.2. The topological polar surface area (TPSA) is 83.8 Å². The van der Waals surface area contributed by atoms with Gasteiger partial charge < -0.3 is 9.74 Å². The third kappa shape index (κ3) is 7.51. The van der Waals surface area contributed by atoms with Crippen molar-refractivity contribution < 1.29 is 21.7 Å². The van der Waals surface area contributed by atoms with Crippen molar-refractivity contribution in [1.82, 2.24) is 0 Å². The van der Waals surface area contributed by atoms with Gasteiger partial charge in [0.1, 0.15) is 0 Å². The molecule has 0 bridgehead atoms. The summed E-state index contributed by atoms with van der Waals surface area (Å²) >= 11 is 0. The summed E-state index contributed by atoms with van der Waals surface area (Å²) in [6.07, 6.45) is 0.784. The summed E-state index contributed by atoms with van der Waals surface area (Å²) in [6.45, 7) is 15.1. The van der Waals surface area contributed by atoms with Crippen molar-refractivity contribution in [2.24, 2.45) is 0 Å². The van der Waals surface area contributed by atoms with Gasteiger partial charge in [0.2, 0.25) is 0 Å². The Kier molecular flexibility index (Phi) is 9.21. The van der Waals surface area contributed by atoms with Crippen LogP contribution in [0, 0.1) is 6.92 Å².